The molecule has 1 aromatic heterocycles. The SMILES string of the molecule is COc1ccccc1NC(=O)Cc1noc(COC(=O)Cc2c(F)cccc2Cl)n1. The lowest BCUT2D eigenvalue weighted by atomic mass is 10.1. The number of amides is 1. The molecule has 0 spiro atoms. The number of para-hydroxylation sites is 2. The van der Waals surface area contributed by atoms with Gasteiger partial charge in [-0.1, -0.05) is 35.0 Å². The Balaban J connectivity index is 1.51. The molecule has 1 amide bonds. The van der Waals surface area contributed by atoms with Gasteiger partial charge in [-0.05, 0) is 24.3 Å². The third-order valence-corrected chi connectivity index (χ3v) is 4.30. The maximum atomic E-state index is 13.7. The first-order valence-corrected chi connectivity index (χ1v) is 9.17. The van der Waals surface area contributed by atoms with Crippen molar-refractivity contribution in [3.63, 3.8) is 0 Å². The average molecular weight is 434 g/mol. The van der Waals surface area contributed by atoms with Gasteiger partial charge in [-0.15, -0.1) is 0 Å². The van der Waals surface area contributed by atoms with E-state index in [4.69, 9.17) is 25.6 Å². The minimum absolute atomic E-state index is 0.00284. The molecule has 0 aliphatic heterocycles. The number of rotatable bonds is 8. The number of ether oxygens (including phenoxy) is 2. The van der Waals surface area contributed by atoms with Gasteiger partial charge < -0.3 is 19.3 Å². The number of nitrogens with one attached hydrogen (secondary N) is 1. The molecule has 10 heteroatoms. The molecular weight excluding hydrogens is 417 g/mol. The molecule has 0 radical (unpaired) electrons. The zero-order chi connectivity index (χ0) is 21.5. The molecule has 0 unspecified atom stereocenters. The largest absolute Gasteiger partial charge is 0.495 e. The quantitative estimate of drug-likeness (QED) is 0.543. The van der Waals surface area contributed by atoms with Gasteiger partial charge in [-0.3, -0.25) is 9.59 Å². The lowest BCUT2D eigenvalue weighted by Gasteiger charge is -2.08. The smallest absolute Gasteiger partial charge is 0.310 e. The van der Waals surface area contributed by atoms with Gasteiger partial charge in [0.05, 0.1) is 25.6 Å². The van der Waals surface area contributed by atoms with Crippen LogP contribution in [0.2, 0.25) is 5.02 Å². The van der Waals surface area contributed by atoms with Crippen molar-refractivity contribution in [3.8, 4) is 5.75 Å². The summed E-state index contributed by atoms with van der Waals surface area (Å²) in [6.07, 6.45) is -0.492. The highest BCUT2D eigenvalue weighted by molar-refractivity contribution is 6.31. The summed E-state index contributed by atoms with van der Waals surface area (Å²) in [6.45, 7) is -0.313. The van der Waals surface area contributed by atoms with Crippen LogP contribution in [0.15, 0.2) is 47.0 Å². The molecule has 0 fully saturated rings. The van der Waals surface area contributed by atoms with Crippen LogP contribution in [0.4, 0.5) is 10.1 Å². The second kappa shape index (κ2) is 9.84. The summed E-state index contributed by atoms with van der Waals surface area (Å²) in [5, 5.41) is 6.50. The van der Waals surface area contributed by atoms with E-state index in [2.05, 4.69) is 15.5 Å². The summed E-state index contributed by atoms with van der Waals surface area (Å²) in [5.74, 6) is -1.05. The van der Waals surface area contributed by atoms with Crippen molar-refractivity contribution < 1.29 is 28.0 Å². The maximum Gasteiger partial charge on any atom is 0.310 e. The summed E-state index contributed by atoms with van der Waals surface area (Å²) in [4.78, 5) is 28.1. The van der Waals surface area contributed by atoms with Crippen molar-refractivity contribution in [2.45, 2.75) is 19.4 Å². The van der Waals surface area contributed by atoms with Crippen molar-refractivity contribution >= 4 is 29.2 Å². The van der Waals surface area contributed by atoms with Crippen LogP contribution in [0.3, 0.4) is 0 Å². The Labute approximate surface area is 175 Å². The zero-order valence-electron chi connectivity index (χ0n) is 15.9. The van der Waals surface area contributed by atoms with Crippen LogP contribution >= 0.6 is 11.6 Å². The number of anilines is 1. The van der Waals surface area contributed by atoms with E-state index in [1.54, 1.807) is 24.3 Å². The lowest BCUT2D eigenvalue weighted by molar-refractivity contribution is -0.145. The van der Waals surface area contributed by atoms with E-state index >= 15 is 0 Å². The predicted molar refractivity (Wildman–Crippen MR) is 105 cm³/mol. The van der Waals surface area contributed by atoms with Crippen LogP contribution in [0.5, 0.6) is 5.75 Å². The number of hydrogen-bond acceptors (Lipinski definition) is 7. The summed E-state index contributed by atoms with van der Waals surface area (Å²) < 4.78 is 28.9. The Morgan fingerprint density at radius 3 is 2.73 bits per heavy atom. The van der Waals surface area contributed by atoms with Gasteiger partial charge in [-0.25, -0.2) is 4.39 Å². The molecule has 3 rings (SSSR count). The van der Waals surface area contributed by atoms with Crippen LogP contribution in [0.1, 0.15) is 17.3 Å². The molecule has 0 atom stereocenters. The fourth-order valence-electron chi connectivity index (χ4n) is 2.55. The summed E-state index contributed by atoms with van der Waals surface area (Å²) in [5.41, 5.74) is 0.554. The number of methoxy groups -OCH3 is 1. The van der Waals surface area contributed by atoms with Crippen molar-refractivity contribution in [3.05, 3.63) is 70.6 Å². The predicted octanol–water partition coefficient (Wildman–Crippen LogP) is 3.34. The Morgan fingerprint density at radius 1 is 1.17 bits per heavy atom. The summed E-state index contributed by atoms with van der Waals surface area (Å²) >= 11 is 5.89. The Morgan fingerprint density at radius 2 is 1.97 bits per heavy atom. The molecule has 0 bridgehead atoms. The van der Waals surface area contributed by atoms with Gasteiger partial charge in [0.1, 0.15) is 11.6 Å². The molecule has 2 aromatic carbocycles. The standard InChI is InChI=1S/C20H17ClFN3O5/c1-28-16-8-3-2-7-15(16)23-18(26)10-17-24-19(30-25-17)11-29-20(27)9-12-13(21)5-4-6-14(12)22/h2-8H,9-11H2,1H3,(H,23,26). The summed E-state index contributed by atoms with van der Waals surface area (Å²) in [7, 11) is 1.50. The highest BCUT2D eigenvalue weighted by Crippen LogP contribution is 2.23. The molecule has 1 heterocycles. The van der Waals surface area contributed by atoms with Crippen LogP contribution in [0.25, 0.3) is 0 Å². The highest BCUT2D eigenvalue weighted by atomic mass is 35.5. The van der Waals surface area contributed by atoms with Crippen molar-refractivity contribution in [2.75, 3.05) is 12.4 Å². The van der Waals surface area contributed by atoms with E-state index in [-0.39, 0.29) is 47.7 Å². The third kappa shape index (κ3) is 5.54. The minimum Gasteiger partial charge on any atom is -0.495 e. The van der Waals surface area contributed by atoms with Gasteiger partial charge >= 0.3 is 5.97 Å². The number of aromatic nitrogens is 2. The number of hydrogen-bond donors (Lipinski definition) is 1. The molecule has 30 heavy (non-hydrogen) atoms. The van der Waals surface area contributed by atoms with E-state index in [1.165, 1.54) is 25.3 Å². The number of halogens is 2. The highest BCUT2D eigenvalue weighted by Gasteiger charge is 2.16. The van der Waals surface area contributed by atoms with Crippen LogP contribution < -0.4 is 10.1 Å². The molecule has 156 valence electrons. The van der Waals surface area contributed by atoms with E-state index in [0.717, 1.165) is 0 Å². The molecule has 3 aromatic rings. The van der Waals surface area contributed by atoms with E-state index < -0.39 is 11.8 Å². The van der Waals surface area contributed by atoms with Gasteiger partial charge in [0.2, 0.25) is 5.91 Å². The van der Waals surface area contributed by atoms with Crippen LogP contribution in [-0.2, 0) is 33.8 Å². The van der Waals surface area contributed by atoms with Gasteiger partial charge in [0, 0.05) is 10.6 Å². The van der Waals surface area contributed by atoms with E-state index in [9.17, 15) is 14.0 Å². The fraction of sp³-hybridized carbons (Fsp3) is 0.200. The van der Waals surface area contributed by atoms with Gasteiger partial charge in [0.25, 0.3) is 5.89 Å². The van der Waals surface area contributed by atoms with Gasteiger partial charge in [-0.2, -0.15) is 4.98 Å². The first kappa shape index (κ1) is 21.3. The maximum absolute atomic E-state index is 13.7. The summed E-state index contributed by atoms with van der Waals surface area (Å²) in [6, 6.07) is 11.1. The van der Waals surface area contributed by atoms with Crippen molar-refractivity contribution in [1.29, 1.82) is 0 Å². The first-order valence-electron chi connectivity index (χ1n) is 8.79. The molecule has 0 aliphatic carbocycles. The number of carbonyl (C=O) groups is 2. The topological polar surface area (TPSA) is 104 Å². The number of esters is 1. The van der Waals surface area contributed by atoms with Crippen molar-refractivity contribution in [2.24, 2.45) is 0 Å². The fourth-order valence-corrected chi connectivity index (χ4v) is 2.78. The Bertz CT molecular complexity index is 1040. The second-order valence-electron chi connectivity index (χ2n) is 6.07. The molecule has 1 N–H and O–H groups in total. The van der Waals surface area contributed by atoms with E-state index in [0.29, 0.717) is 11.4 Å². The zero-order valence-corrected chi connectivity index (χ0v) is 16.6. The average Bonchev–Trinajstić information content (AvgIpc) is 3.17. The number of carbonyl (C=O) groups excluding carboxylic acids is 2. The molecule has 0 aliphatic rings. The van der Waals surface area contributed by atoms with Crippen LogP contribution in [0, 0.1) is 5.82 Å². The van der Waals surface area contributed by atoms with Crippen LogP contribution in [-0.4, -0.2) is 29.1 Å². The molecule has 0 saturated carbocycles. The second-order valence-corrected chi connectivity index (χ2v) is 6.47. The lowest BCUT2D eigenvalue weighted by Crippen LogP contribution is -2.16. The third-order valence-electron chi connectivity index (χ3n) is 3.95. The minimum atomic E-state index is -0.712. The molecule has 0 saturated heterocycles. The number of nitrogens with zero attached hydrogens (tertiary/aromatic N) is 2. The molecule has 8 nitrogen and oxygen atoms in total. The first-order chi connectivity index (χ1) is 14.5. The monoisotopic (exact) mass is 433 g/mol. The van der Waals surface area contributed by atoms with Crippen molar-refractivity contribution in [1.82, 2.24) is 10.1 Å². The molecular formula is C20H17ClFN3O5. The van der Waals surface area contributed by atoms with Gasteiger partial charge in [0.15, 0.2) is 12.4 Å². The Kier molecular flexibility index (Phi) is 6.97. The number of benzene rings is 2. The van der Waals surface area contributed by atoms with E-state index in [1.807, 2.05) is 0 Å². The normalized spacial score (nSPS) is 10.5. The Hall–Kier alpha value is -3.46.